The summed E-state index contributed by atoms with van der Waals surface area (Å²) in [5, 5.41) is 16.5. The number of nitrogens with zero attached hydrogens (tertiary/aromatic N) is 10. The molecule has 0 aromatic carbocycles. The van der Waals surface area contributed by atoms with Crippen LogP contribution in [0.25, 0.3) is 0 Å². The van der Waals surface area contributed by atoms with Crippen LogP contribution in [0.3, 0.4) is 0 Å². The standard InChI is InChI=1S/C8H7ClN4O.C7H6N4O.C5H5ClN2O2.CH4/c1-12-4-6(9)7(11-12)8(14)13-3-2-10-5-13;12-7(10-3-1-8-5-10)11-4-2-9-6-11;1-8-2-3(6)4(7-8)5(9)10;/h2-5H,1H3;1-6H;2H,1H3,(H,9,10);1H4. The molecule has 5 rings (SSSR count). The van der Waals surface area contributed by atoms with Crippen LogP contribution in [0.5, 0.6) is 0 Å². The molecule has 0 amide bonds. The van der Waals surface area contributed by atoms with Gasteiger partial charge in [0.2, 0.25) is 0 Å². The van der Waals surface area contributed by atoms with E-state index in [0.29, 0.717) is 5.02 Å². The fourth-order valence-electron chi connectivity index (χ4n) is 2.59. The second kappa shape index (κ2) is 12.9. The predicted octanol–water partition coefficient (Wildman–Crippen LogP) is 2.96. The molecular formula is C21H22Cl2N10O4. The third-order valence-electron chi connectivity index (χ3n) is 4.16. The number of aromatic nitrogens is 10. The van der Waals surface area contributed by atoms with Crippen LogP contribution in [0.15, 0.2) is 68.6 Å². The SMILES string of the molecule is C.Cn1cc(Cl)c(C(=O)O)n1.Cn1cc(Cl)c(C(=O)n2ccnc2)n1.O=C(n1ccnc1)n1ccnc1. The van der Waals surface area contributed by atoms with Crippen LogP contribution < -0.4 is 0 Å². The molecule has 37 heavy (non-hydrogen) atoms. The van der Waals surface area contributed by atoms with E-state index in [9.17, 15) is 14.4 Å². The molecule has 0 aliphatic rings. The maximum atomic E-state index is 11.7. The Morgan fingerprint density at radius 1 is 0.730 bits per heavy atom. The van der Waals surface area contributed by atoms with E-state index in [4.69, 9.17) is 28.3 Å². The second-order valence-electron chi connectivity index (χ2n) is 6.80. The Kier molecular flexibility index (Phi) is 10.0. The first-order valence-corrected chi connectivity index (χ1v) is 10.6. The molecule has 0 atom stereocenters. The van der Waals surface area contributed by atoms with Gasteiger partial charge in [-0.05, 0) is 0 Å². The first-order chi connectivity index (χ1) is 17.2. The third kappa shape index (κ3) is 7.46. The number of rotatable bonds is 2. The summed E-state index contributed by atoms with van der Waals surface area (Å²) in [5.41, 5.74) is 0.122. The molecular weight excluding hydrogens is 527 g/mol. The molecule has 16 heteroatoms. The van der Waals surface area contributed by atoms with Gasteiger partial charge in [-0.25, -0.2) is 24.5 Å². The minimum atomic E-state index is -1.11. The summed E-state index contributed by atoms with van der Waals surface area (Å²) >= 11 is 11.3. The Morgan fingerprint density at radius 2 is 1.14 bits per heavy atom. The zero-order chi connectivity index (χ0) is 26.2. The van der Waals surface area contributed by atoms with Crippen LogP contribution in [0, 0.1) is 0 Å². The molecule has 0 radical (unpaired) electrons. The molecule has 0 spiro atoms. The van der Waals surface area contributed by atoms with Crippen LogP contribution in [-0.2, 0) is 14.1 Å². The normalized spacial score (nSPS) is 9.84. The highest BCUT2D eigenvalue weighted by molar-refractivity contribution is 6.33. The van der Waals surface area contributed by atoms with Crippen molar-refractivity contribution in [2.24, 2.45) is 14.1 Å². The number of aromatic carboxylic acids is 1. The van der Waals surface area contributed by atoms with Crippen molar-refractivity contribution in [3.63, 3.8) is 0 Å². The number of carboxylic acid groups (broad SMARTS) is 1. The quantitative estimate of drug-likeness (QED) is 0.349. The summed E-state index contributed by atoms with van der Waals surface area (Å²) in [7, 11) is 3.31. The molecule has 5 heterocycles. The molecule has 1 N–H and O–H groups in total. The van der Waals surface area contributed by atoms with E-state index in [1.807, 2.05) is 0 Å². The van der Waals surface area contributed by atoms with Crippen LogP contribution >= 0.6 is 23.2 Å². The summed E-state index contributed by atoms with van der Waals surface area (Å²) in [4.78, 5) is 44.7. The first-order valence-electron chi connectivity index (χ1n) is 9.82. The van der Waals surface area contributed by atoms with Crippen molar-refractivity contribution in [3.8, 4) is 0 Å². The van der Waals surface area contributed by atoms with Crippen LogP contribution in [0.1, 0.15) is 28.4 Å². The van der Waals surface area contributed by atoms with Crippen molar-refractivity contribution in [1.82, 2.24) is 48.2 Å². The Labute approximate surface area is 220 Å². The lowest BCUT2D eigenvalue weighted by molar-refractivity contribution is 0.0689. The highest BCUT2D eigenvalue weighted by atomic mass is 35.5. The minimum absolute atomic E-state index is 0. The first kappa shape index (κ1) is 28.7. The zero-order valence-electron chi connectivity index (χ0n) is 18.8. The topological polar surface area (TPSA) is 161 Å². The van der Waals surface area contributed by atoms with Gasteiger partial charge in [0, 0.05) is 63.7 Å². The summed E-state index contributed by atoms with van der Waals surface area (Å²) in [6.07, 6.45) is 16.7. The fraction of sp³-hybridized carbons (Fsp3) is 0.143. The van der Waals surface area contributed by atoms with E-state index in [2.05, 4.69) is 25.1 Å². The van der Waals surface area contributed by atoms with Crippen molar-refractivity contribution in [2.45, 2.75) is 7.43 Å². The van der Waals surface area contributed by atoms with Gasteiger partial charge in [-0.1, -0.05) is 30.6 Å². The molecule has 0 bridgehead atoms. The Bertz CT molecular complexity index is 1400. The molecule has 0 aliphatic carbocycles. The van der Waals surface area contributed by atoms with Crippen LogP contribution in [0.2, 0.25) is 10.0 Å². The van der Waals surface area contributed by atoms with Gasteiger partial charge in [0.15, 0.2) is 11.4 Å². The number of carbonyl (C=O) groups excluding carboxylic acids is 2. The Hall–Kier alpha value is -4.56. The maximum absolute atomic E-state index is 11.7. The molecule has 194 valence electrons. The lowest BCUT2D eigenvalue weighted by Gasteiger charge is -1.98. The van der Waals surface area contributed by atoms with Crippen molar-refractivity contribution in [1.29, 1.82) is 0 Å². The molecule has 5 aromatic rings. The number of imidazole rings is 3. The van der Waals surface area contributed by atoms with Gasteiger partial charge >= 0.3 is 12.0 Å². The number of halogens is 2. The Morgan fingerprint density at radius 3 is 1.43 bits per heavy atom. The minimum Gasteiger partial charge on any atom is -0.476 e. The number of carboxylic acids is 1. The van der Waals surface area contributed by atoms with E-state index < -0.39 is 5.97 Å². The Balaban J connectivity index is 0.000000195. The summed E-state index contributed by atoms with van der Waals surface area (Å²) in [6.45, 7) is 0. The highest BCUT2D eigenvalue weighted by Gasteiger charge is 2.16. The third-order valence-corrected chi connectivity index (χ3v) is 4.72. The van der Waals surface area contributed by atoms with Crippen molar-refractivity contribution in [2.75, 3.05) is 0 Å². The van der Waals surface area contributed by atoms with Gasteiger partial charge in [-0.2, -0.15) is 10.2 Å². The van der Waals surface area contributed by atoms with Crippen molar-refractivity contribution < 1.29 is 19.5 Å². The van der Waals surface area contributed by atoms with Crippen LogP contribution in [0.4, 0.5) is 4.79 Å². The number of hydrogen-bond donors (Lipinski definition) is 1. The molecule has 0 unspecified atom stereocenters. The smallest absolute Gasteiger partial charge is 0.357 e. The highest BCUT2D eigenvalue weighted by Crippen LogP contribution is 2.14. The molecule has 14 nitrogen and oxygen atoms in total. The van der Waals surface area contributed by atoms with E-state index in [1.165, 1.54) is 54.4 Å². The molecule has 0 saturated heterocycles. The van der Waals surface area contributed by atoms with E-state index >= 15 is 0 Å². The van der Waals surface area contributed by atoms with Gasteiger partial charge < -0.3 is 5.11 Å². The van der Waals surface area contributed by atoms with E-state index in [1.54, 1.807) is 51.3 Å². The average Bonchev–Trinajstić information content (AvgIpc) is 3.65. The fourth-order valence-corrected chi connectivity index (χ4v) is 3.11. The van der Waals surface area contributed by atoms with Gasteiger partial charge in [-0.3, -0.25) is 27.9 Å². The van der Waals surface area contributed by atoms with Gasteiger partial charge in [-0.15, -0.1) is 0 Å². The lowest BCUT2D eigenvalue weighted by Crippen LogP contribution is -2.15. The predicted molar refractivity (Wildman–Crippen MR) is 133 cm³/mol. The molecule has 5 aromatic heterocycles. The van der Waals surface area contributed by atoms with Gasteiger partial charge in [0.05, 0.1) is 10.0 Å². The zero-order valence-corrected chi connectivity index (χ0v) is 20.3. The number of hydrogen-bond acceptors (Lipinski definition) is 8. The number of carbonyl (C=O) groups is 3. The molecule has 0 aliphatic heterocycles. The molecule has 0 saturated carbocycles. The van der Waals surface area contributed by atoms with Crippen molar-refractivity contribution in [3.05, 3.63) is 90.0 Å². The summed E-state index contributed by atoms with van der Waals surface area (Å²) in [5.74, 6) is -1.39. The van der Waals surface area contributed by atoms with Gasteiger partial charge in [0.1, 0.15) is 19.0 Å². The van der Waals surface area contributed by atoms with Crippen molar-refractivity contribution >= 4 is 41.1 Å². The van der Waals surface area contributed by atoms with E-state index in [-0.39, 0.29) is 35.8 Å². The lowest BCUT2D eigenvalue weighted by atomic mass is 10.4. The summed E-state index contributed by atoms with van der Waals surface area (Å²) < 4.78 is 6.93. The summed E-state index contributed by atoms with van der Waals surface area (Å²) in [6, 6.07) is -0.190. The second-order valence-corrected chi connectivity index (χ2v) is 7.62. The number of aryl methyl sites for hydroxylation is 2. The maximum Gasteiger partial charge on any atom is 0.357 e. The average molecular weight is 549 g/mol. The molecule has 0 fully saturated rings. The van der Waals surface area contributed by atoms with E-state index in [0.717, 1.165) is 0 Å². The largest absolute Gasteiger partial charge is 0.476 e. The van der Waals surface area contributed by atoms with Crippen LogP contribution in [-0.4, -0.2) is 71.2 Å². The monoisotopic (exact) mass is 548 g/mol. The van der Waals surface area contributed by atoms with Gasteiger partial charge in [0.25, 0.3) is 5.91 Å².